The van der Waals surface area contributed by atoms with Crippen molar-refractivity contribution in [2.45, 2.75) is 64.2 Å². The van der Waals surface area contributed by atoms with Crippen LogP contribution in [0.3, 0.4) is 0 Å². The highest BCUT2D eigenvalue weighted by atomic mass is 16.5. The highest BCUT2D eigenvalue weighted by Gasteiger charge is 2.22. The van der Waals surface area contributed by atoms with Crippen LogP contribution in [0.2, 0.25) is 0 Å². The van der Waals surface area contributed by atoms with Crippen molar-refractivity contribution in [3.63, 3.8) is 0 Å². The number of aryl methyl sites for hydroxylation is 1. The first-order valence-electron chi connectivity index (χ1n) is 10.2. The fraction of sp³-hybridized carbons (Fsp3) is 0.565. The summed E-state index contributed by atoms with van der Waals surface area (Å²) in [4.78, 5) is 9.07. The summed E-state index contributed by atoms with van der Waals surface area (Å²) in [6.07, 6.45) is 14.0. The molecule has 0 amide bonds. The predicted molar refractivity (Wildman–Crippen MR) is 107 cm³/mol. The van der Waals surface area contributed by atoms with Crippen molar-refractivity contribution in [3.05, 3.63) is 47.8 Å². The van der Waals surface area contributed by atoms with Gasteiger partial charge in [0.1, 0.15) is 0 Å². The van der Waals surface area contributed by atoms with E-state index in [2.05, 4.69) is 41.2 Å². The summed E-state index contributed by atoms with van der Waals surface area (Å²) in [5.41, 5.74) is 3.81. The van der Waals surface area contributed by atoms with Gasteiger partial charge in [-0.2, -0.15) is 0 Å². The van der Waals surface area contributed by atoms with Crippen molar-refractivity contribution in [2.24, 2.45) is 5.92 Å². The zero-order chi connectivity index (χ0) is 18.2. The van der Waals surface area contributed by atoms with Gasteiger partial charge in [-0.05, 0) is 67.9 Å². The number of nitrogens with zero attached hydrogens (tertiary/aromatic N) is 2. The molecule has 2 aromatic rings. The van der Waals surface area contributed by atoms with E-state index in [4.69, 9.17) is 4.74 Å². The molecule has 0 saturated heterocycles. The molecular formula is C23H32N2O. The van der Waals surface area contributed by atoms with E-state index >= 15 is 0 Å². The Kier molecular flexibility index (Phi) is 7.19. The Morgan fingerprint density at radius 2 is 1.69 bits per heavy atom. The number of hydrogen-bond donors (Lipinski definition) is 0. The van der Waals surface area contributed by atoms with Gasteiger partial charge in [0.05, 0.1) is 0 Å². The van der Waals surface area contributed by atoms with E-state index in [-0.39, 0.29) is 0 Å². The molecule has 1 heterocycles. The Balaban J connectivity index is 1.55. The van der Waals surface area contributed by atoms with Gasteiger partial charge in [-0.1, -0.05) is 37.6 Å². The molecule has 0 unspecified atom stereocenters. The zero-order valence-electron chi connectivity index (χ0n) is 16.3. The third-order valence-electron chi connectivity index (χ3n) is 5.69. The second kappa shape index (κ2) is 9.82. The Hall–Kier alpha value is -1.74. The molecule has 140 valence electrons. The summed E-state index contributed by atoms with van der Waals surface area (Å²) in [5.74, 6) is 2.45. The van der Waals surface area contributed by atoms with Gasteiger partial charge in [0.25, 0.3) is 0 Å². The molecule has 3 heteroatoms. The molecule has 0 radical (unpaired) electrons. The quantitative estimate of drug-likeness (QED) is 0.563. The first-order valence-corrected chi connectivity index (χ1v) is 10.2. The molecule has 1 aliphatic rings. The number of methoxy groups -OCH3 is 1. The third kappa shape index (κ3) is 5.14. The summed E-state index contributed by atoms with van der Waals surface area (Å²) in [6.45, 7) is 3.09. The molecule has 1 fully saturated rings. The summed E-state index contributed by atoms with van der Waals surface area (Å²) in [5, 5.41) is 0. The molecule has 0 atom stereocenters. The van der Waals surface area contributed by atoms with Gasteiger partial charge in [0, 0.05) is 31.7 Å². The maximum atomic E-state index is 5.18. The number of ether oxygens (including phenoxy) is 1. The standard InChI is InChI=1S/C23H32N2O/c1-3-5-19-16-24-23(25-17-19)22-13-11-21(12-14-22)20-9-7-18(8-10-20)6-4-15-26-2/h11-14,16-18,20H,3-10,15H2,1-2H3/t18-,20-. The third-order valence-corrected chi connectivity index (χ3v) is 5.69. The van der Waals surface area contributed by atoms with E-state index in [1.807, 2.05) is 12.4 Å². The SMILES string of the molecule is CCCc1cnc(-c2ccc([C@H]3CC[C@H](CCCOC)CC3)cc2)nc1. The number of rotatable bonds is 8. The number of hydrogen-bond acceptors (Lipinski definition) is 3. The Morgan fingerprint density at radius 3 is 2.31 bits per heavy atom. The summed E-state index contributed by atoms with van der Waals surface area (Å²) < 4.78 is 5.18. The van der Waals surface area contributed by atoms with Gasteiger partial charge in [0.2, 0.25) is 0 Å². The predicted octanol–water partition coefficient (Wildman–Crippen LogP) is 5.80. The first-order chi connectivity index (χ1) is 12.8. The van der Waals surface area contributed by atoms with Gasteiger partial charge >= 0.3 is 0 Å². The number of benzene rings is 1. The minimum Gasteiger partial charge on any atom is -0.385 e. The van der Waals surface area contributed by atoms with E-state index in [1.165, 1.54) is 49.7 Å². The molecule has 0 spiro atoms. The maximum absolute atomic E-state index is 5.18. The molecule has 1 aromatic heterocycles. The molecule has 0 aliphatic heterocycles. The van der Waals surface area contributed by atoms with E-state index in [0.29, 0.717) is 0 Å². The van der Waals surface area contributed by atoms with Crippen LogP contribution in [0, 0.1) is 5.92 Å². The van der Waals surface area contributed by atoms with Crippen molar-refractivity contribution in [1.82, 2.24) is 9.97 Å². The lowest BCUT2D eigenvalue weighted by Crippen LogP contribution is -2.13. The smallest absolute Gasteiger partial charge is 0.159 e. The summed E-state index contributed by atoms with van der Waals surface area (Å²) >= 11 is 0. The van der Waals surface area contributed by atoms with Crippen LogP contribution in [0.1, 0.15) is 68.9 Å². The van der Waals surface area contributed by atoms with Gasteiger partial charge in [0.15, 0.2) is 5.82 Å². The number of aromatic nitrogens is 2. The second-order valence-corrected chi connectivity index (χ2v) is 7.64. The maximum Gasteiger partial charge on any atom is 0.159 e. The minimum absolute atomic E-state index is 0.718. The van der Waals surface area contributed by atoms with E-state index < -0.39 is 0 Å². The molecule has 0 N–H and O–H groups in total. The van der Waals surface area contributed by atoms with Gasteiger partial charge in [-0.3, -0.25) is 0 Å². The topological polar surface area (TPSA) is 35.0 Å². The van der Waals surface area contributed by atoms with Crippen LogP contribution in [0.5, 0.6) is 0 Å². The molecule has 1 aliphatic carbocycles. The lowest BCUT2D eigenvalue weighted by atomic mass is 9.77. The lowest BCUT2D eigenvalue weighted by molar-refractivity contribution is 0.180. The monoisotopic (exact) mass is 352 g/mol. The Labute approximate surface area is 158 Å². The van der Waals surface area contributed by atoms with Crippen molar-refractivity contribution in [1.29, 1.82) is 0 Å². The molecule has 26 heavy (non-hydrogen) atoms. The van der Waals surface area contributed by atoms with Crippen LogP contribution in [0.15, 0.2) is 36.7 Å². The van der Waals surface area contributed by atoms with E-state index in [1.54, 1.807) is 7.11 Å². The molecule has 1 saturated carbocycles. The highest BCUT2D eigenvalue weighted by molar-refractivity contribution is 5.55. The fourth-order valence-electron chi connectivity index (χ4n) is 4.13. The average molecular weight is 353 g/mol. The van der Waals surface area contributed by atoms with Crippen LogP contribution >= 0.6 is 0 Å². The molecular weight excluding hydrogens is 320 g/mol. The average Bonchev–Trinajstić information content (AvgIpc) is 2.70. The summed E-state index contributed by atoms with van der Waals surface area (Å²) in [6, 6.07) is 8.95. The Bertz CT molecular complexity index is 643. The zero-order valence-corrected chi connectivity index (χ0v) is 16.3. The van der Waals surface area contributed by atoms with Gasteiger partial charge in [-0.15, -0.1) is 0 Å². The molecule has 3 nitrogen and oxygen atoms in total. The van der Waals surface area contributed by atoms with Gasteiger partial charge < -0.3 is 4.74 Å². The van der Waals surface area contributed by atoms with Crippen LogP contribution in [0.25, 0.3) is 11.4 Å². The second-order valence-electron chi connectivity index (χ2n) is 7.64. The van der Waals surface area contributed by atoms with Crippen LogP contribution in [-0.4, -0.2) is 23.7 Å². The highest BCUT2D eigenvalue weighted by Crippen LogP contribution is 2.37. The minimum atomic E-state index is 0.718. The van der Waals surface area contributed by atoms with Crippen LogP contribution < -0.4 is 0 Å². The lowest BCUT2D eigenvalue weighted by Gasteiger charge is -2.29. The van der Waals surface area contributed by atoms with Crippen molar-refractivity contribution in [2.75, 3.05) is 13.7 Å². The summed E-state index contributed by atoms with van der Waals surface area (Å²) in [7, 11) is 1.80. The van der Waals surface area contributed by atoms with Crippen LogP contribution in [0.4, 0.5) is 0 Å². The largest absolute Gasteiger partial charge is 0.385 e. The molecule has 0 bridgehead atoms. The van der Waals surface area contributed by atoms with Crippen molar-refractivity contribution < 1.29 is 4.74 Å². The molecule has 1 aromatic carbocycles. The van der Waals surface area contributed by atoms with Crippen molar-refractivity contribution >= 4 is 0 Å². The normalized spacial score (nSPS) is 20.2. The Morgan fingerprint density at radius 1 is 1.00 bits per heavy atom. The molecule has 3 rings (SSSR count). The fourth-order valence-corrected chi connectivity index (χ4v) is 4.13. The first kappa shape index (κ1) is 19.0. The van der Waals surface area contributed by atoms with Crippen LogP contribution in [-0.2, 0) is 11.2 Å². The van der Waals surface area contributed by atoms with E-state index in [0.717, 1.165) is 42.7 Å². The van der Waals surface area contributed by atoms with E-state index in [9.17, 15) is 0 Å². The van der Waals surface area contributed by atoms with Gasteiger partial charge in [-0.25, -0.2) is 9.97 Å². The van der Waals surface area contributed by atoms with Crippen molar-refractivity contribution in [3.8, 4) is 11.4 Å².